The van der Waals surface area contributed by atoms with E-state index in [0.717, 1.165) is 47.5 Å². The van der Waals surface area contributed by atoms with Gasteiger partial charge in [-0.25, -0.2) is 4.98 Å². The second-order valence-corrected chi connectivity index (χ2v) is 6.38. The summed E-state index contributed by atoms with van der Waals surface area (Å²) in [6.07, 6.45) is 4.55. The lowest BCUT2D eigenvalue weighted by molar-refractivity contribution is 0.102. The van der Waals surface area contributed by atoms with Crippen molar-refractivity contribution in [3.05, 3.63) is 84.1 Å². The molecule has 1 amide bonds. The first kappa shape index (κ1) is 17.1. The molecular formula is C22H21N3O2. The number of hydrogen-bond donors (Lipinski definition) is 1. The standard InChI is InChI=1S/C22H21N3O2/c1-2-25-20-10-6-5-9-19(20)23-21(25)12-11-16-7-3-4-8-18(16)24-22(26)17-13-14-27-15-17/h3-10,13-15H,2,11-12H2,1H3,(H,24,26). The van der Waals surface area contributed by atoms with Crippen molar-refractivity contribution in [1.29, 1.82) is 0 Å². The van der Waals surface area contributed by atoms with Gasteiger partial charge < -0.3 is 14.3 Å². The van der Waals surface area contributed by atoms with Gasteiger partial charge in [0, 0.05) is 18.7 Å². The Morgan fingerprint density at radius 1 is 1.07 bits per heavy atom. The third kappa shape index (κ3) is 3.49. The maximum atomic E-state index is 12.3. The van der Waals surface area contributed by atoms with E-state index < -0.39 is 0 Å². The number of furan rings is 1. The number of benzene rings is 2. The monoisotopic (exact) mass is 359 g/mol. The Hall–Kier alpha value is -3.34. The molecular weight excluding hydrogens is 338 g/mol. The van der Waals surface area contributed by atoms with Crippen LogP contribution in [0.25, 0.3) is 11.0 Å². The van der Waals surface area contributed by atoms with Gasteiger partial charge in [0.05, 0.1) is 22.9 Å². The molecule has 1 N–H and O–H groups in total. The number of para-hydroxylation sites is 3. The molecule has 0 bridgehead atoms. The topological polar surface area (TPSA) is 60.1 Å². The Bertz CT molecular complexity index is 1060. The van der Waals surface area contributed by atoms with Gasteiger partial charge in [-0.1, -0.05) is 30.3 Å². The molecule has 4 aromatic rings. The number of anilines is 1. The first-order chi connectivity index (χ1) is 13.3. The fourth-order valence-corrected chi connectivity index (χ4v) is 3.36. The smallest absolute Gasteiger partial charge is 0.258 e. The van der Waals surface area contributed by atoms with E-state index in [1.807, 2.05) is 42.5 Å². The molecule has 4 rings (SSSR count). The van der Waals surface area contributed by atoms with Gasteiger partial charge >= 0.3 is 0 Å². The molecule has 0 spiro atoms. The summed E-state index contributed by atoms with van der Waals surface area (Å²) in [5.41, 5.74) is 4.61. The highest BCUT2D eigenvalue weighted by Gasteiger charge is 2.12. The lowest BCUT2D eigenvalue weighted by atomic mass is 10.1. The van der Waals surface area contributed by atoms with Gasteiger partial charge in [-0.15, -0.1) is 0 Å². The van der Waals surface area contributed by atoms with Crippen molar-refractivity contribution in [2.24, 2.45) is 0 Å². The summed E-state index contributed by atoms with van der Waals surface area (Å²) < 4.78 is 7.24. The largest absolute Gasteiger partial charge is 0.472 e. The Kier molecular flexibility index (Phi) is 4.75. The average Bonchev–Trinajstić information content (AvgIpc) is 3.35. The zero-order valence-electron chi connectivity index (χ0n) is 15.2. The van der Waals surface area contributed by atoms with E-state index in [9.17, 15) is 4.79 Å². The van der Waals surface area contributed by atoms with E-state index in [1.54, 1.807) is 6.07 Å². The Labute approximate surface area is 157 Å². The summed E-state index contributed by atoms with van der Waals surface area (Å²) in [7, 11) is 0. The molecule has 0 aliphatic rings. The van der Waals surface area contributed by atoms with E-state index in [-0.39, 0.29) is 5.91 Å². The van der Waals surface area contributed by atoms with Crippen molar-refractivity contribution in [2.45, 2.75) is 26.3 Å². The molecule has 0 aliphatic carbocycles. The van der Waals surface area contributed by atoms with Crippen LogP contribution in [0.1, 0.15) is 28.7 Å². The van der Waals surface area contributed by atoms with Crippen molar-refractivity contribution in [1.82, 2.24) is 9.55 Å². The zero-order chi connectivity index (χ0) is 18.6. The molecule has 0 fully saturated rings. The van der Waals surface area contributed by atoms with Crippen LogP contribution < -0.4 is 5.32 Å². The molecule has 0 atom stereocenters. The minimum absolute atomic E-state index is 0.169. The van der Waals surface area contributed by atoms with Crippen LogP contribution >= 0.6 is 0 Å². The lowest BCUT2D eigenvalue weighted by Gasteiger charge is -2.11. The number of hydrogen-bond acceptors (Lipinski definition) is 3. The number of imidazole rings is 1. The van der Waals surface area contributed by atoms with E-state index in [1.165, 1.54) is 12.5 Å². The molecule has 2 aromatic carbocycles. The molecule has 0 saturated heterocycles. The summed E-state index contributed by atoms with van der Waals surface area (Å²) in [5.74, 6) is 0.895. The SMILES string of the molecule is CCn1c(CCc2ccccc2NC(=O)c2ccoc2)nc2ccccc21. The van der Waals surface area contributed by atoms with Crippen LogP contribution in [0, 0.1) is 0 Å². The summed E-state index contributed by atoms with van der Waals surface area (Å²) in [6.45, 7) is 3.02. The molecule has 5 heteroatoms. The molecule has 2 heterocycles. The number of rotatable bonds is 6. The number of aromatic nitrogens is 2. The summed E-state index contributed by atoms with van der Waals surface area (Å²) in [5, 5.41) is 2.98. The van der Waals surface area contributed by atoms with Gasteiger partial charge in [0.1, 0.15) is 12.1 Å². The maximum absolute atomic E-state index is 12.3. The molecule has 0 aliphatic heterocycles. The Morgan fingerprint density at radius 3 is 2.70 bits per heavy atom. The molecule has 27 heavy (non-hydrogen) atoms. The summed E-state index contributed by atoms with van der Waals surface area (Å²) in [4.78, 5) is 17.1. The van der Waals surface area contributed by atoms with Crippen LogP contribution in [-0.4, -0.2) is 15.5 Å². The van der Waals surface area contributed by atoms with Crippen LogP contribution in [0.5, 0.6) is 0 Å². The van der Waals surface area contributed by atoms with Crippen LogP contribution in [-0.2, 0) is 19.4 Å². The van der Waals surface area contributed by atoms with E-state index in [4.69, 9.17) is 9.40 Å². The average molecular weight is 359 g/mol. The zero-order valence-corrected chi connectivity index (χ0v) is 15.2. The van der Waals surface area contributed by atoms with Crippen LogP contribution in [0.4, 0.5) is 5.69 Å². The van der Waals surface area contributed by atoms with Gasteiger partial charge in [-0.2, -0.15) is 0 Å². The third-order valence-corrected chi connectivity index (χ3v) is 4.72. The lowest BCUT2D eigenvalue weighted by Crippen LogP contribution is -2.13. The van der Waals surface area contributed by atoms with Crippen LogP contribution in [0.15, 0.2) is 71.5 Å². The first-order valence-corrected chi connectivity index (χ1v) is 9.12. The third-order valence-electron chi connectivity index (χ3n) is 4.72. The Morgan fingerprint density at radius 2 is 1.89 bits per heavy atom. The highest BCUT2D eigenvalue weighted by molar-refractivity contribution is 6.04. The van der Waals surface area contributed by atoms with E-state index in [2.05, 4.69) is 22.9 Å². The van der Waals surface area contributed by atoms with Gasteiger partial charge in [-0.05, 0) is 43.2 Å². The molecule has 2 aromatic heterocycles. The molecule has 0 radical (unpaired) electrons. The van der Waals surface area contributed by atoms with Gasteiger partial charge in [-0.3, -0.25) is 4.79 Å². The number of carbonyl (C=O) groups is 1. The highest BCUT2D eigenvalue weighted by Crippen LogP contribution is 2.21. The second-order valence-electron chi connectivity index (χ2n) is 6.38. The first-order valence-electron chi connectivity index (χ1n) is 9.12. The van der Waals surface area contributed by atoms with Crippen LogP contribution in [0.3, 0.4) is 0 Å². The summed E-state index contributed by atoms with van der Waals surface area (Å²) in [6, 6.07) is 17.8. The van der Waals surface area contributed by atoms with Gasteiger partial charge in [0.15, 0.2) is 0 Å². The van der Waals surface area contributed by atoms with Crippen molar-refractivity contribution < 1.29 is 9.21 Å². The number of fused-ring (bicyclic) bond motifs is 1. The molecule has 0 unspecified atom stereocenters. The van der Waals surface area contributed by atoms with Crippen molar-refractivity contribution in [3.63, 3.8) is 0 Å². The van der Waals surface area contributed by atoms with Crippen molar-refractivity contribution in [3.8, 4) is 0 Å². The number of carbonyl (C=O) groups excluding carboxylic acids is 1. The van der Waals surface area contributed by atoms with Crippen molar-refractivity contribution >= 4 is 22.6 Å². The quantitative estimate of drug-likeness (QED) is 0.543. The molecule has 5 nitrogen and oxygen atoms in total. The maximum Gasteiger partial charge on any atom is 0.258 e. The van der Waals surface area contributed by atoms with E-state index in [0.29, 0.717) is 5.56 Å². The molecule has 0 saturated carbocycles. The fraction of sp³-hybridized carbons (Fsp3) is 0.182. The van der Waals surface area contributed by atoms with E-state index >= 15 is 0 Å². The van der Waals surface area contributed by atoms with Crippen LogP contribution in [0.2, 0.25) is 0 Å². The van der Waals surface area contributed by atoms with Gasteiger partial charge in [0.2, 0.25) is 0 Å². The summed E-state index contributed by atoms with van der Waals surface area (Å²) >= 11 is 0. The number of nitrogens with one attached hydrogen (secondary N) is 1. The number of aryl methyl sites for hydroxylation is 3. The minimum Gasteiger partial charge on any atom is -0.472 e. The molecule has 136 valence electrons. The predicted molar refractivity (Wildman–Crippen MR) is 106 cm³/mol. The number of nitrogens with zero attached hydrogens (tertiary/aromatic N) is 2. The second kappa shape index (κ2) is 7.50. The minimum atomic E-state index is -0.169. The highest BCUT2D eigenvalue weighted by atomic mass is 16.3. The van der Waals surface area contributed by atoms with Crippen molar-refractivity contribution in [2.75, 3.05) is 5.32 Å². The predicted octanol–water partition coefficient (Wildman–Crippen LogP) is 4.69. The fourth-order valence-electron chi connectivity index (χ4n) is 3.36. The van der Waals surface area contributed by atoms with Gasteiger partial charge in [0.25, 0.3) is 5.91 Å². The Balaban J connectivity index is 1.55. The number of amides is 1. The normalized spacial score (nSPS) is 11.0.